The average molecular weight is 342 g/mol. The van der Waals surface area contributed by atoms with Crippen molar-refractivity contribution in [2.45, 2.75) is 50.9 Å². The molecule has 0 radical (unpaired) electrons. The number of hydrogen-bond acceptors (Lipinski definition) is 3. The Morgan fingerprint density at radius 3 is 2.86 bits per heavy atom. The van der Waals surface area contributed by atoms with Crippen LogP contribution >= 0.6 is 23.4 Å². The second-order valence-corrected chi connectivity index (χ2v) is 7.55. The van der Waals surface area contributed by atoms with Gasteiger partial charge in [-0.25, -0.2) is 0 Å². The van der Waals surface area contributed by atoms with Crippen molar-refractivity contribution >= 4 is 29.3 Å². The number of benzene rings is 1. The molecule has 0 heterocycles. The van der Waals surface area contributed by atoms with Crippen molar-refractivity contribution in [2.75, 3.05) is 12.3 Å². The molecule has 1 amide bonds. The van der Waals surface area contributed by atoms with Gasteiger partial charge in [0.05, 0.1) is 0 Å². The van der Waals surface area contributed by atoms with Crippen molar-refractivity contribution in [1.29, 1.82) is 0 Å². The number of hydrogen-bond donors (Lipinski definition) is 1. The fourth-order valence-electron chi connectivity index (χ4n) is 2.55. The van der Waals surface area contributed by atoms with Gasteiger partial charge in [-0.1, -0.05) is 24.4 Å². The Kier molecular flexibility index (Phi) is 6.90. The topological polar surface area (TPSA) is 38.3 Å². The highest BCUT2D eigenvalue weighted by Gasteiger charge is 2.17. The number of ether oxygens (including phenoxy) is 1. The largest absolute Gasteiger partial charge is 0.481 e. The Balaban J connectivity index is 1.68. The normalized spacial score (nSPS) is 16.5. The van der Waals surface area contributed by atoms with E-state index in [0.29, 0.717) is 17.3 Å². The van der Waals surface area contributed by atoms with Crippen LogP contribution in [-0.2, 0) is 4.79 Å². The number of halogens is 1. The van der Waals surface area contributed by atoms with Crippen LogP contribution < -0.4 is 10.1 Å². The zero-order valence-electron chi connectivity index (χ0n) is 13.2. The van der Waals surface area contributed by atoms with Crippen molar-refractivity contribution in [3.05, 3.63) is 28.8 Å². The van der Waals surface area contributed by atoms with Crippen LogP contribution in [0.1, 0.15) is 38.2 Å². The number of thioether (sulfide) groups is 1. The molecule has 122 valence electrons. The van der Waals surface area contributed by atoms with Crippen molar-refractivity contribution in [1.82, 2.24) is 5.32 Å². The highest BCUT2D eigenvalue weighted by Crippen LogP contribution is 2.28. The SMILES string of the molecule is Cc1cc(OC(C)C(=O)NCCSC2CCCC2)ccc1Cl. The smallest absolute Gasteiger partial charge is 0.260 e. The number of carbonyl (C=O) groups is 1. The van der Waals surface area contributed by atoms with Crippen molar-refractivity contribution in [3.8, 4) is 5.75 Å². The van der Waals surface area contributed by atoms with Gasteiger partial charge in [0.2, 0.25) is 0 Å². The Hall–Kier alpha value is -0.870. The van der Waals surface area contributed by atoms with Gasteiger partial charge in [-0.05, 0) is 50.5 Å². The van der Waals surface area contributed by atoms with Crippen LogP contribution in [0.3, 0.4) is 0 Å². The summed E-state index contributed by atoms with van der Waals surface area (Å²) in [6.45, 7) is 4.39. The molecule has 0 spiro atoms. The molecule has 1 fully saturated rings. The fourth-order valence-corrected chi connectivity index (χ4v) is 3.88. The summed E-state index contributed by atoms with van der Waals surface area (Å²) in [4.78, 5) is 12.0. The van der Waals surface area contributed by atoms with Crippen LogP contribution in [0.15, 0.2) is 18.2 Å². The van der Waals surface area contributed by atoms with Gasteiger partial charge >= 0.3 is 0 Å². The van der Waals surface area contributed by atoms with Gasteiger partial charge in [0.1, 0.15) is 5.75 Å². The molecule has 1 aliphatic rings. The Morgan fingerprint density at radius 2 is 2.18 bits per heavy atom. The van der Waals surface area contributed by atoms with E-state index < -0.39 is 6.10 Å². The summed E-state index contributed by atoms with van der Waals surface area (Å²) < 4.78 is 5.66. The minimum atomic E-state index is -0.503. The summed E-state index contributed by atoms with van der Waals surface area (Å²) in [5.41, 5.74) is 0.944. The van der Waals surface area contributed by atoms with Gasteiger partial charge in [-0.15, -0.1) is 0 Å². The first-order valence-corrected chi connectivity index (χ1v) is 9.31. The molecule has 2 rings (SSSR count). The van der Waals surface area contributed by atoms with E-state index in [9.17, 15) is 4.79 Å². The third-order valence-corrected chi connectivity index (χ3v) is 5.68. The van der Waals surface area contributed by atoms with Crippen molar-refractivity contribution < 1.29 is 9.53 Å². The van der Waals surface area contributed by atoms with E-state index in [4.69, 9.17) is 16.3 Å². The Labute approximate surface area is 142 Å². The van der Waals surface area contributed by atoms with E-state index in [1.807, 2.05) is 24.8 Å². The minimum Gasteiger partial charge on any atom is -0.481 e. The van der Waals surface area contributed by atoms with Gasteiger partial charge in [0.25, 0.3) is 5.91 Å². The predicted molar refractivity (Wildman–Crippen MR) is 94.0 cm³/mol. The molecular weight excluding hydrogens is 318 g/mol. The summed E-state index contributed by atoms with van der Waals surface area (Å²) in [6.07, 6.45) is 4.87. The maximum atomic E-state index is 12.0. The monoisotopic (exact) mass is 341 g/mol. The molecular formula is C17H24ClNO2S. The molecule has 0 aromatic heterocycles. The van der Waals surface area contributed by atoms with E-state index in [1.54, 1.807) is 19.1 Å². The van der Waals surface area contributed by atoms with Crippen molar-refractivity contribution in [3.63, 3.8) is 0 Å². The molecule has 22 heavy (non-hydrogen) atoms. The average Bonchev–Trinajstić information content (AvgIpc) is 3.00. The summed E-state index contributed by atoms with van der Waals surface area (Å²) in [5.74, 6) is 1.58. The molecule has 0 saturated heterocycles. The molecule has 1 unspecified atom stereocenters. The first kappa shape index (κ1) is 17.5. The zero-order chi connectivity index (χ0) is 15.9. The first-order chi connectivity index (χ1) is 10.6. The molecule has 3 nitrogen and oxygen atoms in total. The lowest BCUT2D eigenvalue weighted by molar-refractivity contribution is -0.127. The van der Waals surface area contributed by atoms with E-state index >= 15 is 0 Å². The van der Waals surface area contributed by atoms with E-state index in [2.05, 4.69) is 5.32 Å². The van der Waals surface area contributed by atoms with Crippen LogP contribution in [-0.4, -0.2) is 29.6 Å². The first-order valence-electron chi connectivity index (χ1n) is 7.88. The second kappa shape index (κ2) is 8.68. The predicted octanol–water partition coefficient (Wildman–Crippen LogP) is 4.21. The lowest BCUT2D eigenvalue weighted by Crippen LogP contribution is -2.37. The third kappa shape index (κ3) is 5.40. The fraction of sp³-hybridized carbons (Fsp3) is 0.588. The van der Waals surface area contributed by atoms with Gasteiger partial charge in [0, 0.05) is 22.6 Å². The van der Waals surface area contributed by atoms with Gasteiger partial charge in [-0.2, -0.15) is 11.8 Å². The number of nitrogens with one attached hydrogen (secondary N) is 1. The lowest BCUT2D eigenvalue weighted by atomic mass is 10.2. The summed E-state index contributed by atoms with van der Waals surface area (Å²) in [6, 6.07) is 5.42. The molecule has 1 aliphatic carbocycles. The van der Waals surface area contributed by atoms with Gasteiger partial charge < -0.3 is 10.1 Å². The maximum absolute atomic E-state index is 12.0. The molecule has 5 heteroatoms. The Bertz CT molecular complexity index is 503. The molecule has 1 aromatic carbocycles. The van der Waals surface area contributed by atoms with E-state index in [1.165, 1.54) is 25.7 Å². The molecule has 1 N–H and O–H groups in total. The zero-order valence-corrected chi connectivity index (χ0v) is 14.8. The maximum Gasteiger partial charge on any atom is 0.260 e. The molecule has 0 bridgehead atoms. The van der Waals surface area contributed by atoms with Crippen LogP contribution in [0.5, 0.6) is 5.75 Å². The summed E-state index contributed by atoms with van der Waals surface area (Å²) in [7, 11) is 0. The van der Waals surface area contributed by atoms with Gasteiger partial charge in [0.15, 0.2) is 6.10 Å². The van der Waals surface area contributed by atoms with Crippen LogP contribution in [0.4, 0.5) is 0 Å². The van der Waals surface area contributed by atoms with E-state index in [0.717, 1.165) is 16.6 Å². The Morgan fingerprint density at radius 1 is 1.45 bits per heavy atom. The second-order valence-electron chi connectivity index (χ2n) is 5.74. The third-order valence-electron chi connectivity index (χ3n) is 3.87. The van der Waals surface area contributed by atoms with E-state index in [-0.39, 0.29) is 5.91 Å². The minimum absolute atomic E-state index is 0.0698. The number of amides is 1. The van der Waals surface area contributed by atoms with Crippen LogP contribution in [0.25, 0.3) is 0 Å². The highest BCUT2D eigenvalue weighted by molar-refractivity contribution is 7.99. The number of carbonyl (C=O) groups excluding carboxylic acids is 1. The molecule has 1 aromatic rings. The highest BCUT2D eigenvalue weighted by atomic mass is 35.5. The standard InChI is InChI=1S/C17H24ClNO2S/c1-12-11-14(7-8-16(12)18)21-13(2)17(20)19-9-10-22-15-5-3-4-6-15/h7-8,11,13,15H,3-6,9-10H2,1-2H3,(H,19,20). The lowest BCUT2D eigenvalue weighted by Gasteiger charge is -2.16. The number of aryl methyl sites for hydroxylation is 1. The molecule has 1 saturated carbocycles. The molecule has 1 atom stereocenters. The van der Waals surface area contributed by atoms with Crippen molar-refractivity contribution in [2.24, 2.45) is 0 Å². The number of rotatable bonds is 7. The van der Waals surface area contributed by atoms with Gasteiger partial charge in [-0.3, -0.25) is 4.79 Å². The quantitative estimate of drug-likeness (QED) is 0.755. The molecule has 0 aliphatic heterocycles. The summed E-state index contributed by atoms with van der Waals surface area (Å²) >= 11 is 7.96. The van der Waals surface area contributed by atoms with Crippen LogP contribution in [0.2, 0.25) is 5.02 Å². The summed E-state index contributed by atoms with van der Waals surface area (Å²) in [5, 5.41) is 4.44. The van der Waals surface area contributed by atoms with Crippen LogP contribution in [0, 0.1) is 6.92 Å².